The Kier molecular flexibility index (Phi) is 10.3. The molecule has 1 atom stereocenters. The lowest BCUT2D eigenvalue weighted by atomic mass is 9.93. The molecule has 4 aromatic rings. The van der Waals surface area contributed by atoms with E-state index in [0.717, 1.165) is 10.7 Å². The molecule has 9 nitrogen and oxygen atoms in total. The smallest absolute Gasteiger partial charge is 0.338 e. The number of ether oxygens (including phenoxy) is 2. The Hall–Kier alpha value is -4.43. The topological polar surface area (TPSA) is 129 Å². The number of nitriles is 1. The Balaban J connectivity index is 1.35. The van der Waals surface area contributed by atoms with Crippen molar-refractivity contribution in [1.82, 2.24) is 5.32 Å². The van der Waals surface area contributed by atoms with Gasteiger partial charge in [-0.25, -0.2) is 13.2 Å². The third-order valence-electron chi connectivity index (χ3n) is 7.18. The van der Waals surface area contributed by atoms with Crippen molar-refractivity contribution in [3.8, 4) is 11.8 Å². The van der Waals surface area contributed by atoms with Crippen LogP contribution in [-0.2, 0) is 21.2 Å². The highest BCUT2D eigenvalue weighted by Gasteiger charge is 2.24. The highest BCUT2D eigenvalue weighted by Crippen LogP contribution is 2.28. The Morgan fingerprint density at radius 3 is 2.41 bits per heavy atom. The monoisotopic (exact) mass is 615 g/mol. The van der Waals surface area contributed by atoms with Gasteiger partial charge >= 0.3 is 5.97 Å². The van der Waals surface area contributed by atoms with Crippen LogP contribution in [0.5, 0.6) is 5.75 Å². The van der Waals surface area contributed by atoms with E-state index in [1.807, 2.05) is 18.2 Å². The van der Waals surface area contributed by atoms with Crippen molar-refractivity contribution in [3.63, 3.8) is 0 Å². The first-order valence-electron chi connectivity index (χ1n) is 14.3. The van der Waals surface area contributed by atoms with E-state index >= 15 is 0 Å². The molecule has 10 heteroatoms. The summed E-state index contributed by atoms with van der Waals surface area (Å²) in [5.74, 6) is -0.306. The van der Waals surface area contributed by atoms with E-state index in [1.54, 1.807) is 6.92 Å². The summed E-state index contributed by atoms with van der Waals surface area (Å²) in [4.78, 5) is 11.9. The SMILES string of the molecule is CCOC(=O)c1ccc(S(=O)(=O)N(C)c2ccc(OCC(O)CNC(C)(C)Cc3ccc4ccccc4c3)c(C#N)c2)cc1. The third kappa shape index (κ3) is 7.94. The van der Waals surface area contributed by atoms with Gasteiger partial charge in [0, 0.05) is 19.1 Å². The van der Waals surface area contributed by atoms with E-state index in [1.165, 1.54) is 65.8 Å². The van der Waals surface area contributed by atoms with Crippen LogP contribution in [0.3, 0.4) is 0 Å². The number of carbonyl (C=O) groups is 1. The number of anilines is 1. The highest BCUT2D eigenvalue weighted by molar-refractivity contribution is 7.92. The molecule has 0 bridgehead atoms. The maximum atomic E-state index is 13.2. The number of hydrogen-bond acceptors (Lipinski definition) is 8. The minimum atomic E-state index is -3.98. The van der Waals surface area contributed by atoms with E-state index in [0.29, 0.717) is 0 Å². The molecule has 4 aromatic carbocycles. The van der Waals surface area contributed by atoms with Crippen LogP contribution < -0.4 is 14.4 Å². The van der Waals surface area contributed by atoms with Crippen LogP contribution in [-0.4, -0.2) is 57.9 Å². The predicted octanol–water partition coefficient (Wildman–Crippen LogP) is 5.06. The number of benzene rings is 4. The van der Waals surface area contributed by atoms with Gasteiger partial charge in [0.1, 0.15) is 24.5 Å². The number of fused-ring (bicyclic) bond motifs is 1. The third-order valence-corrected chi connectivity index (χ3v) is 8.98. The number of esters is 1. The number of nitrogens with zero attached hydrogens (tertiary/aromatic N) is 2. The van der Waals surface area contributed by atoms with E-state index in [9.17, 15) is 23.6 Å². The Labute approximate surface area is 258 Å². The maximum Gasteiger partial charge on any atom is 0.338 e. The summed E-state index contributed by atoms with van der Waals surface area (Å²) in [6, 6.07) is 26.5. The zero-order valence-electron chi connectivity index (χ0n) is 25.3. The van der Waals surface area contributed by atoms with Crippen molar-refractivity contribution in [3.05, 3.63) is 102 Å². The predicted molar refractivity (Wildman–Crippen MR) is 170 cm³/mol. The lowest BCUT2D eigenvalue weighted by Gasteiger charge is -2.28. The van der Waals surface area contributed by atoms with Gasteiger partial charge < -0.3 is 19.9 Å². The van der Waals surface area contributed by atoms with Gasteiger partial charge in [-0.3, -0.25) is 4.31 Å². The molecular formula is C34H37N3O6S. The van der Waals surface area contributed by atoms with Gasteiger partial charge in [0.25, 0.3) is 10.0 Å². The van der Waals surface area contributed by atoms with Crippen LogP contribution >= 0.6 is 0 Å². The molecule has 0 radical (unpaired) electrons. The second-order valence-electron chi connectivity index (χ2n) is 11.1. The van der Waals surface area contributed by atoms with Crippen LogP contribution in [0.4, 0.5) is 5.69 Å². The van der Waals surface area contributed by atoms with Gasteiger partial charge in [0.2, 0.25) is 0 Å². The van der Waals surface area contributed by atoms with E-state index < -0.39 is 22.1 Å². The summed E-state index contributed by atoms with van der Waals surface area (Å²) in [5, 5.41) is 26.1. The second-order valence-corrected chi connectivity index (χ2v) is 13.1. The van der Waals surface area contributed by atoms with E-state index in [4.69, 9.17) is 9.47 Å². The standard InChI is InChI=1S/C34H37N3O6S/c1-5-42-33(39)26-12-15-31(16-13-26)44(40,41)37(4)29-14-17-32(28(19-29)21-35)43-23-30(38)22-36-34(2,3)20-24-10-11-25-8-6-7-9-27(25)18-24/h6-19,30,36,38H,5,20,22-23H2,1-4H3. The highest BCUT2D eigenvalue weighted by atomic mass is 32.2. The molecule has 0 amide bonds. The van der Waals surface area contributed by atoms with Crippen molar-refractivity contribution in [1.29, 1.82) is 5.26 Å². The van der Waals surface area contributed by atoms with Crippen molar-refractivity contribution in [2.24, 2.45) is 0 Å². The average molecular weight is 616 g/mol. The summed E-state index contributed by atoms with van der Waals surface area (Å²) >= 11 is 0. The van der Waals surface area contributed by atoms with Gasteiger partial charge in [-0.05, 0) is 86.0 Å². The van der Waals surface area contributed by atoms with Gasteiger partial charge in [-0.15, -0.1) is 0 Å². The fourth-order valence-electron chi connectivity index (χ4n) is 4.76. The Bertz CT molecular complexity index is 1760. The molecule has 0 aliphatic heterocycles. The summed E-state index contributed by atoms with van der Waals surface area (Å²) in [5.41, 5.74) is 1.51. The lowest BCUT2D eigenvalue weighted by Crippen LogP contribution is -2.46. The number of hydrogen-bond donors (Lipinski definition) is 2. The summed E-state index contributed by atoms with van der Waals surface area (Å²) in [6.45, 7) is 6.25. The van der Waals surface area contributed by atoms with Crippen molar-refractivity contribution in [2.75, 3.05) is 31.1 Å². The minimum Gasteiger partial charge on any atom is -0.489 e. The van der Waals surface area contributed by atoms with E-state index in [2.05, 4.69) is 49.5 Å². The molecular weight excluding hydrogens is 578 g/mol. The molecule has 0 saturated carbocycles. The number of aliphatic hydroxyl groups excluding tert-OH is 1. The number of rotatable bonds is 13. The fraction of sp³-hybridized carbons (Fsp3) is 0.294. The summed E-state index contributed by atoms with van der Waals surface area (Å²) in [6.07, 6.45) is -0.0880. The number of sulfonamides is 1. The summed E-state index contributed by atoms with van der Waals surface area (Å²) < 4.78 is 38.2. The number of aliphatic hydroxyl groups is 1. The summed E-state index contributed by atoms with van der Waals surface area (Å²) in [7, 11) is -2.61. The first kappa shape index (κ1) is 32.5. The number of carbonyl (C=O) groups excluding carboxylic acids is 1. The van der Waals surface area contributed by atoms with Crippen LogP contribution in [0.2, 0.25) is 0 Å². The number of nitrogens with one attached hydrogen (secondary N) is 1. The van der Waals surface area contributed by atoms with Gasteiger partial charge in [0.15, 0.2) is 0 Å². The van der Waals surface area contributed by atoms with Crippen LogP contribution in [0, 0.1) is 11.3 Å². The van der Waals surface area contributed by atoms with Gasteiger partial charge in [0.05, 0.1) is 28.3 Å². The molecule has 0 aliphatic rings. The molecule has 230 valence electrons. The molecule has 2 N–H and O–H groups in total. The first-order valence-corrected chi connectivity index (χ1v) is 15.7. The Morgan fingerprint density at radius 2 is 1.73 bits per heavy atom. The largest absolute Gasteiger partial charge is 0.489 e. The van der Waals surface area contributed by atoms with Gasteiger partial charge in [-0.2, -0.15) is 5.26 Å². The average Bonchev–Trinajstić information content (AvgIpc) is 3.02. The van der Waals surface area contributed by atoms with Crippen LogP contribution in [0.25, 0.3) is 10.8 Å². The van der Waals surface area contributed by atoms with Crippen LogP contribution in [0.1, 0.15) is 42.3 Å². The molecule has 0 spiro atoms. The lowest BCUT2D eigenvalue weighted by molar-refractivity contribution is 0.0526. The quantitative estimate of drug-likeness (QED) is 0.200. The molecule has 1 unspecified atom stereocenters. The zero-order valence-corrected chi connectivity index (χ0v) is 26.1. The van der Waals surface area contributed by atoms with Crippen molar-refractivity contribution >= 4 is 32.5 Å². The van der Waals surface area contributed by atoms with Gasteiger partial charge in [-0.1, -0.05) is 42.5 Å². The minimum absolute atomic E-state index is 0.0222. The normalized spacial score (nSPS) is 12.4. The zero-order chi connectivity index (χ0) is 31.9. The molecule has 44 heavy (non-hydrogen) atoms. The molecule has 0 fully saturated rings. The molecule has 0 aromatic heterocycles. The second kappa shape index (κ2) is 13.9. The van der Waals surface area contributed by atoms with Crippen molar-refractivity contribution in [2.45, 2.75) is 43.7 Å². The van der Waals surface area contributed by atoms with Crippen LogP contribution in [0.15, 0.2) is 89.8 Å². The first-order chi connectivity index (χ1) is 20.9. The molecule has 0 heterocycles. The van der Waals surface area contributed by atoms with E-state index in [-0.39, 0.29) is 52.8 Å². The maximum absolute atomic E-state index is 13.2. The molecule has 0 aliphatic carbocycles. The van der Waals surface area contributed by atoms with Crippen molar-refractivity contribution < 1.29 is 27.8 Å². The molecule has 4 rings (SSSR count). The number of β-amino-alcohol motifs (C(OH)–C–C–N with tert-alkyl or cyclic N) is 1. The molecule has 0 saturated heterocycles. The Morgan fingerprint density at radius 1 is 1.02 bits per heavy atom. The fourth-order valence-corrected chi connectivity index (χ4v) is 5.95.